The van der Waals surface area contributed by atoms with E-state index >= 15 is 0 Å². The standard InChI is InChI=1S/C11H10FNO2/c12-11-3-8(4-13)1-2-9(11)5-15-10-6-14-7-10/h1-3,10H,5-7H2. The lowest BCUT2D eigenvalue weighted by Crippen LogP contribution is -2.35. The zero-order chi connectivity index (χ0) is 10.7. The first-order chi connectivity index (χ1) is 7.29. The molecule has 1 saturated heterocycles. The van der Waals surface area contributed by atoms with E-state index in [4.69, 9.17) is 14.7 Å². The minimum atomic E-state index is -0.394. The molecule has 0 spiro atoms. The third-order valence-electron chi connectivity index (χ3n) is 2.26. The van der Waals surface area contributed by atoms with Gasteiger partial charge in [0.2, 0.25) is 0 Å². The smallest absolute Gasteiger partial charge is 0.130 e. The second-order valence-electron chi connectivity index (χ2n) is 3.39. The molecular formula is C11H10FNO2. The molecule has 0 N–H and O–H groups in total. The number of nitriles is 1. The first kappa shape index (κ1) is 10.1. The fourth-order valence-electron chi connectivity index (χ4n) is 1.25. The number of hydrogen-bond donors (Lipinski definition) is 0. The molecule has 15 heavy (non-hydrogen) atoms. The Morgan fingerprint density at radius 2 is 2.33 bits per heavy atom. The van der Waals surface area contributed by atoms with Crippen molar-refractivity contribution in [2.24, 2.45) is 0 Å². The molecule has 0 bridgehead atoms. The summed E-state index contributed by atoms with van der Waals surface area (Å²) in [7, 11) is 0. The highest BCUT2D eigenvalue weighted by molar-refractivity contribution is 5.32. The van der Waals surface area contributed by atoms with E-state index < -0.39 is 5.82 Å². The van der Waals surface area contributed by atoms with E-state index in [-0.39, 0.29) is 12.7 Å². The minimum Gasteiger partial charge on any atom is -0.376 e. The third-order valence-corrected chi connectivity index (χ3v) is 2.26. The van der Waals surface area contributed by atoms with Crippen molar-refractivity contribution < 1.29 is 13.9 Å². The zero-order valence-electron chi connectivity index (χ0n) is 8.07. The maximum Gasteiger partial charge on any atom is 0.130 e. The van der Waals surface area contributed by atoms with Crippen LogP contribution in [0.15, 0.2) is 18.2 Å². The lowest BCUT2D eigenvalue weighted by Gasteiger charge is -2.26. The Morgan fingerprint density at radius 1 is 1.53 bits per heavy atom. The van der Waals surface area contributed by atoms with Crippen LogP contribution in [-0.4, -0.2) is 19.3 Å². The molecule has 0 amide bonds. The molecule has 1 aromatic rings. The molecule has 1 aromatic carbocycles. The fraction of sp³-hybridized carbons (Fsp3) is 0.364. The van der Waals surface area contributed by atoms with Crippen molar-refractivity contribution in [3.05, 3.63) is 35.1 Å². The van der Waals surface area contributed by atoms with Gasteiger partial charge in [0, 0.05) is 5.56 Å². The Balaban J connectivity index is 1.98. The van der Waals surface area contributed by atoms with Crippen molar-refractivity contribution >= 4 is 0 Å². The summed E-state index contributed by atoms with van der Waals surface area (Å²) in [5.74, 6) is -0.394. The molecule has 0 atom stereocenters. The van der Waals surface area contributed by atoms with Crippen LogP contribution in [0.2, 0.25) is 0 Å². The Bertz CT molecular complexity index is 396. The topological polar surface area (TPSA) is 42.2 Å². The molecule has 4 heteroatoms. The minimum absolute atomic E-state index is 0.0834. The summed E-state index contributed by atoms with van der Waals surface area (Å²) in [4.78, 5) is 0. The fourth-order valence-corrected chi connectivity index (χ4v) is 1.25. The average molecular weight is 207 g/mol. The van der Waals surface area contributed by atoms with Gasteiger partial charge in [-0.25, -0.2) is 4.39 Å². The summed E-state index contributed by atoms with van der Waals surface area (Å²) in [5, 5.41) is 8.55. The molecule has 0 aliphatic carbocycles. The summed E-state index contributed by atoms with van der Waals surface area (Å²) in [6, 6.07) is 6.26. The van der Waals surface area contributed by atoms with Crippen molar-refractivity contribution in [1.82, 2.24) is 0 Å². The number of rotatable bonds is 3. The van der Waals surface area contributed by atoms with Crippen LogP contribution >= 0.6 is 0 Å². The van der Waals surface area contributed by atoms with Gasteiger partial charge in [-0.05, 0) is 12.1 Å². The molecule has 1 aliphatic heterocycles. The molecule has 1 heterocycles. The van der Waals surface area contributed by atoms with Gasteiger partial charge in [-0.1, -0.05) is 6.07 Å². The zero-order valence-corrected chi connectivity index (χ0v) is 8.07. The van der Waals surface area contributed by atoms with Gasteiger partial charge >= 0.3 is 0 Å². The molecule has 78 valence electrons. The first-order valence-corrected chi connectivity index (χ1v) is 4.67. The predicted octanol–water partition coefficient (Wildman–Crippen LogP) is 1.61. The van der Waals surface area contributed by atoms with Crippen LogP contribution in [0.3, 0.4) is 0 Å². The summed E-state index contributed by atoms with van der Waals surface area (Å²) < 4.78 is 23.6. The van der Waals surface area contributed by atoms with E-state index in [1.807, 2.05) is 6.07 Å². The Labute approximate surface area is 87.0 Å². The molecule has 0 aromatic heterocycles. The van der Waals surface area contributed by atoms with E-state index in [0.29, 0.717) is 24.3 Å². The summed E-state index contributed by atoms with van der Waals surface area (Å²) in [6.07, 6.45) is 0.0834. The van der Waals surface area contributed by atoms with Crippen LogP contribution in [0, 0.1) is 17.1 Å². The van der Waals surface area contributed by atoms with Crippen LogP contribution < -0.4 is 0 Å². The second-order valence-corrected chi connectivity index (χ2v) is 3.39. The normalized spacial score (nSPS) is 15.7. The van der Waals surface area contributed by atoms with Gasteiger partial charge in [0.1, 0.15) is 11.9 Å². The van der Waals surface area contributed by atoms with Gasteiger partial charge in [-0.2, -0.15) is 5.26 Å². The molecule has 3 nitrogen and oxygen atoms in total. The molecule has 1 aliphatic rings. The number of hydrogen-bond acceptors (Lipinski definition) is 3. The summed E-state index contributed by atoms with van der Waals surface area (Å²) >= 11 is 0. The van der Waals surface area contributed by atoms with Gasteiger partial charge in [0.15, 0.2) is 0 Å². The maximum absolute atomic E-state index is 13.3. The summed E-state index contributed by atoms with van der Waals surface area (Å²) in [5.41, 5.74) is 0.795. The SMILES string of the molecule is N#Cc1ccc(COC2COC2)c(F)c1. The van der Waals surface area contributed by atoms with E-state index in [1.54, 1.807) is 12.1 Å². The van der Waals surface area contributed by atoms with Crippen molar-refractivity contribution in [2.45, 2.75) is 12.7 Å². The highest BCUT2D eigenvalue weighted by atomic mass is 19.1. The lowest BCUT2D eigenvalue weighted by atomic mass is 10.1. The number of halogens is 1. The Kier molecular flexibility index (Phi) is 2.95. The highest BCUT2D eigenvalue weighted by Crippen LogP contribution is 2.14. The maximum atomic E-state index is 13.3. The van der Waals surface area contributed by atoms with Gasteiger partial charge in [0.05, 0.1) is 31.5 Å². The van der Waals surface area contributed by atoms with Crippen LogP contribution in [0.25, 0.3) is 0 Å². The lowest BCUT2D eigenvalue weighted by molar-refractivity contribution is -0.135. The molecule has 1 fully saturated rings. The predicted molar refractivity (Wildman–Crippen MR) is 50.5 cm³/mol. The molecule has 0 radical (unpaired) electrons. The molecular weight excluding hydrogens is 197 g/mol. The van der Waals surface area contributed by atoms with E-state index in [1.165, 1.54) is 6.07 Å². The van der Waals surface area contributed by atoms with Gasteiger partial charge < -0.3 is 9.47 Å². The molecule has 0 saturated carbocycles. The van der Waals surface area contributed by atoms with Crippen LogP contribution in [-0.2, 0) is 16.1 Å². The van der Waals surface area contributed by atoms with Crippen molar-refractivity contribution in [2.75, 3.05) is 13.2 Å². The van der Waals surface area contributed by atoms with Gasteiger partial charge in [-0.3, -0.25) is 0 Å². The molecule has 0 unspecified atom stereocenters. The highest BCUT2D eigenvalue weighted by Gasteiger charge is 2.19. The monoisotopic (exact) mass is 207 g/mol. The number of nitrogens with zero attached hydrogens (tertiary/aromatic N) is 1. The van der Waals surface area contributed by atoms with E-state index in [0.717, 1.165) is 0 Å². The molecule has 2 rings (SSSR count). The van der Waals surface area contributed by atoms with Crippen LogP contribution in [0.5, 0.6) is 0 Å². The van der Waals surface area contributed by atoms with Crippen LogP contribution in [0.4, 0.5) is 4.39 Å². The largest absolute Gasteiger partial charge is 0.376 e. The second kappa shape index (κ2) is 4.39. The third kappa shape index (κ3) is 2.32. The van der Waals surface area contributed by atoms with Crippen molar-refractivity contribution in [3.63, 3.8) is 0 Å². The Morgan fingerprint density at radius 3 is 2.87 bits per heavy atom. The number of ether oxygens (including phenoxy) is 2. The number of benzene rings is 1. The van der Waals surface area contributed by atoms with E-state index in [9.17, 15) is 4.39 Å². The van der Waals surface area contributed by atoms with Crippen LogP contribution in [0.1, 0.15) is 11.1 Å². The van der Waals surface area contributed by atoms with E-state index in [2.05, 4.69) is 0 Å². The van der Waals surface area contributed by atoms with Gasteiger partial charge in [-0.15, -0.1) is 0 Å². The quantitative estimate of drug-likeness (QED) is 0.756. The Hall–Kier alpha value is -1.44. The summed E-state index contributed by atoms with van der Waals surface area (Å²) in [6.45, 7) is 1.39. The van der Waals surface area contributed by atoms with Crippen molar-refractivity contribution in [1.29, 1.82) is 5.26 Å². The first-order valence-electron chi connectivity index (χ1n) is 4.67. The van der Waals surface area contributed by atoms with Gasteiger partial charge in [0.25, 0.3) is 0 Å². The average Bonchev–Trinajstić information content (AvgIpc) is 2.18. The van der Waals surface area contributed by atoms with Crippen molar-refractivity contribution in [3.8, 4) is 6.07 Å².